The van der Waals surface area contributed by atoms with Crippen LogP contribution < -0.4 is 15.4 Å². The average molecular weight is 540 g/mol. The van der Waals surface area contributed by atoms with Gasteiger partial charge >= 0.3 is 0 Å². The van der Waals surface area contributed by atoms with Gasteiger partial charge in [0.25, 0.3) is 0 Å². The molecule has 0 bridgehead atoms. The molecular weight excluding hydrogens is 507 g/mol. The van der Waals surface area contributed by atoms with Gasteiger partial charge in [-0.1, -0.05) is 36.4 Å². The van der Waals surface area contributed by atoms with Gasteiger partial charge in [0.05, 0.1) is 6.61 Å². The topological polar surface area (TPSA) is 75.2 Å². The molecule has 170 valence electrons. The molecule has 0 heterocycles. The minimum atomic E-state index is -0.0608. The van der Waals surface area contributed by atoms with E-state index in [1.165, 1.54) is 10.5 Å². The highest BCUT2D eigenvalue weighted by atomic mass is 127. The molecule has 2 rings (SSSR count). The van der Waals surface area contributed by atoms with Gasteiger partial charge in [0, 0.05) is 52.5 Å². The fourth-order valence-electron chi connectivity index (χ4n) is 2.59. The first kappa shape index (κ1) is 26.7. The van der Waals surface area contributed by atoms with Crippen LogP contribution in [0.15, 0.2) is 59.6 Å². The first-order valence-corrected chi connectivity index (χ1v) is 10.1. The number of carbonyl (C=O) groups is 1. The van der Waals surface area contributed by atoms with Crippen molar-refractivity contribution in [1.82, 2.24) is 10.2 Å². The van der Waals surface area contributed by atoms with Crippen molar-refractivity contribution in [3.63, 3.8) is 0 Å². The lowest BCUT2D eigenvalue weighted by Gasteiger charge is -2.15. The van der Waals surface area contributed by atoms with Crippen LogP contribution >= 0.6 is 24.0 Å². The summed E-state index contributed by atoms with van der Waals surface area (Å²) in [5, 5.41) is 6.57. The number of amides is 1. The van der Waals surface area contributed by atoms with E-state index in [2.05, 4.69) is 27.8 Å². The van der Waals surface area contributed by atoms with E-state index in [0.29, 0.717) is 25.7 Å². The van der Waals surface area contributed by atoms with Gasteiger partial charge in [-0.3, -0.25) is 4.79 Å². The van der Waals surface area contributed by atoms with Crippen LogP contribution in [0, 0.1) is 0 Å². The third kappa shape index (κ3) is 11.0. The van der Waals surface area contributed by atoms with E-state index in [1.807, 2.05) is 42.5 Å². The average Bonchev–Trinajstić information content (AvgIpc) is 2.75. The Balaban J connectivity index is 0.00000480. The summed E-state index contributed by atoms with van der Waals surface area (Å²) in [6.07, 6.45) is 1.68. The normalized spacial score (nSPS) is 10.7. The zero-order chi connectivity index (χ0) is 21.6. The molecular formula is C23H33IN4O3. The number of anilines is 1. The number of hydrogen-bond donors (Lipinski definition) is 2. The maximum atomic E-state index is 12.0. The molecule has 0 aliphatic rings. The minimum absolute atomic E-state index is 0. The summed E-state index contributed by atoms with van der Waals surface area (Å²) in [7, 11) is 5.12. The van der Waals surface area contributed by atoms with Gasteiger partial charge in [0.2, 0.25) is 5.91 Å². The van der Waals surface area contributed by atoms with Crippen LogP contribution in [-0.2, 0) is 16.0 Å². The standard InChI is InChI=1S/C23H32N4O3.HI/c1-27(2)22(28)18-25-23(24-14-13-19-9-5-4-6-10-19)26-20-11-7-12-21(17-20)30-16-8-15-29-3;/h4-7,9-12,17H,8,13-16,18H2,1-3H3,(H2,24,25,26);1H. The molecule has 2 aromatic carbocycles. The molecule has 0 aliphatic heterocycles. The molecule has 0 aromatic heterocycles. The lowest BCUT2D eigenvalue weighted by atomic mass is 10.1. The second-order valence-electron chi connectivity index (χ2n) is 6.96. The maximum Gasteiger partial charge on any atom is 0.243 e. The first-order chi connectivity index (χ1) is 14.6. The van der Waals surface area contributed by atoms with Crippen LogP contribution in [0.25, 0.3) is 0 Å². The van der Waals surface area contributed by atoms with Crippen LogP contribution in [0.5, 0.6) is 5.75 Å². The van der Waals surface area contributed by atoms with E-state index >= 15 is 0 Å². The third-order valence-corrected chi connectivity index (χ3v) is 4.28. The number of hydrogen-bond acceptors (Lipinski definition) is 4. The predicted molar refractivity (Wildman–Crippen MR) is 137 cm³/mol. The summed E-state index contributed by atoms with van der Waals surface area (Å²) >= 11 is 0. The monoisotopic (exact) mass is 540 g/mol. The van der Waals surface area contributed by atoms with Crippen LogP contribution in [0.2, 0.25) is 0 Å². The first-order valence-electron chi connectivity index (χ1n) is 10.1. The summed E-state index contributed by atoms with van der Waals surface area (Å²) in [5.74, 6) is 1.26. The van der Waals surface area contributed by atoms with Crippen LogP contribution in [0.3, 0.4) is 0 Å². The molecule has 0 saturated carbocycles. The number of rotatable bonds is 11. The number of benzene rings is 2. The van der Waals surface area contributed by atoms with Crippen molar-refractivity contribution in [3.05, 3.63) is 60.2 Å². The highest BCUT2D eigenvalue weighted by Crippen LogP contribution is 2.17. The van der Waals surface area contributed by atoms with E-state index < -0.39 is 0 Å². The Morgan fingerprint density at radius 2 is 1.84 bits per heavy atom. The Labute approximate surface area is 202 Å². The second kappa shape index (κ2) is 15.5. The zero-order valence-corrected chi connectivity index (χ0v) is 20.8. The van der Waals surface area contributed by atoms with Crippen LogP contribution in [0.1, 0.15) is 12.0 Å². The quantitative estimate of drug-likeness (QED) is 0.198. The number of nitrogens with one attached hydrogen (secondary N) is 2. The summed E-state index contributed by atoms with van der Waals surface area (Å²) in [6, 6.07) is 17.9. The van der Waals surface area contributed by atoms with Crippen molar-refractivity contribution in [2.24, 2.45) is 4.99 Å². The molecule has 0 atom stereocenters. The van der Waals surface area contributed by atoms with Gasteiger partial charge in [-0.25, -0.2) is 4.99 Å². The van der Waals surface area contributed by atoms with Crippen LogP contribution in [-0.4, -0.2) is 64.3 Å². The van der Waals surface area contributed by atoms with E-state index in [9.17, 15) is 4.79 Å². The molecule has 1 amide bonds. The molecule has 0 radical (unpaired) electrons. The van der Waals surface area contributed by atoms with Crippen molar-refractivity contribution in [2.75, 3.05) is 52.8 Å². The summed E-state index contributed by atoms with van der Waals surface area (Å²) in [4.78, 5) is 17.9. The van der Waals surface area contributed by atoms with E-state index in [4.69, 9.17) is 9.47 Å². The van der Waals surface area contributed by atoms with Crippen LogP contribution in [0.4, 0.5) is 5.69 Å². The third-order valence-electron chi connectivity index (χ3n) is 4.28. The van der Waals surface area contributed by atoms with Crippen molar-refractivity contribution < 1.29 is 14.3 Å². The van der Waals surface area contributed by atoms with Crippen molar-refractivity contribution in [1.29, 1.82) is 0 Å². The van der Waals surface area contributed by atoms with Gasteiger partial charge in [-0.05, 0) is 24.1 Å². The molecule has 31 heavy (non-hydrogen) atoms. The maximum absolute atomic E-state index is 12.0. The number of aliphatic imine (C=N–C) groups is 1. The van der Waals surface area contributed by atoms with Gasteiger partial charge in [-0.15, -0.1) is 24.0 Å². The zero-order valence-electron chi connectivity index (χ0n) is 18.5. The van der Waals surface area contributed by atoms with Crippen molar-refractivity contribution in [2.45, 2.75) is 12.8 Å². The van der Waals surface area contributed by atoms with Crippen molar-refractivity contribution in [3.8, 4) is 5.75 Å². The number of ether oxygens (including phenoxy) is 2. The highest BCUT2D eigenvalue weighted by Gasteiger charge is 2.06. The molecule has 8 heteroatoms. The second-order valence-corrected chi connectivity index (χ2v) is 6.96. The molecule has 2 N–H and O–H groups in total. The number of halogens is 1. The number of carbonyl (C=O) groups excluding carboxylic acids is 1. The van der Waals surface area contributed by atoms with E-state index in [-0.39, 0.29) is 36.4 Å². The number of likely N-dealkylation sites (N-methyl/N-ethyl adjacent to an activating group) is 1. The molecule has 7 nitrogen and oxygen atoms in total. The molecule has 0 fully saturated rings. The van der Waals surface area contributed by atoms with Gasteiger partial charge in [0.1, 0.15) is 12.3 Å². The van der Waals surface area contributed by atoms with Gasteiger partial charge in [0.15, 0.2) is 5.96 Å². The molecule has 0 aliphatic carbocycles. The number of nitrogens with zero attached hydrogens (tertiary/aromatic N) is 2. The molecule has 0 saturated heterocycles. The molecule has 2 aromatic rings. The molecule has 0 unspecified atom stereocenters. The SMILES string of the molecule is COCCCOc1cccc(NC(=NCC(=O)N(C)C)NCCc2ccccc2)c1.I. The Morgan fingerprint density at radius 3 is 2.55 bits per heavy atom. The fraction of sp³-hybridized carbons (Fsp3) is 0.391. The fourth-order valence-corrected chi connectivity index (χ4v) is 2.59. The molecule has 0 spiro atoms. The van der Waals surface area contributed by atoms with E-state index in [0.717, 1.165) is 24.3 Å². The lowest BCUT2D eigenvalue weighted by molar-refractivity contribution is -0.127. The Morgan fingerprint density at radius 1 is 1.06 bits per heavy atom. The summed E-state index contributed by atoms with van der Waals surface area (Å²) < 4.78 is 10.8. The number of guanidine groups is 1. The Kier molecular flexibility index (Phi) is 13.3. The largest absolute Gasteiger partial charge is 0.493 e. The summed E-state index contributed by atoms with van der Waals surface area (Å²) in [6.45, 7) is 2.02. The number of methoxy groups -OCH3 is 1. The van der Waals surface area contributed by atoms with Gasteiger partial charge < -0.3 is 25.0 Å². The predicted octanol–water partition coefficient (Wildman–Crippen LogP) is 3.41. The smallest absolute Gasteiger partial charge is 0.243 e. The van der Waals surface area contributed by atoms with Gasteiger partial charge in [-0.2, -0.15) is 0 Å². The highest BCUT2D eigenvalue weighted by molar-refractivity contribution is 14.0. The lowest BCUT2D eigenvalue weighted by Crippen LogP contribution is -2.34. The summed E-state index contributed by atoms with van der Waals surface area (Å²) in [5.41, 5.74) is 2.07. The minimum Gasteiger partial charge on any atom is -0.493 e. The Bertz CT molecular complexity index is 800. The van der Waals surface area contributed by atoms with E-state index in [1.54, 1.807) is 21.2 Å². The Hall–Kier alpha value is -2.33. The van der Waals surface area contributed by atoms with Crippen molar-refractivity contribution >= 4 is 41.5 Å².